The van der Waals surface area contributed by atoms with E-state index in [1.807, 2.05) is 18.8 Å². The van der Waals surface area contributed by atoms with Gasteiger partial charge in [-0.2, -0.15) is 11.8 Å². The lowest BCUT2D eigenvalue weighted by atomic mass is 10.2. The van der Waals surface area contributed by atoms with Crippen LogP contribution in [0.1, 0.15) is 31.0 Å². The summed E-state index contributed by atoms with van der Waals surface area (Å²) in [5.41, 5.74) is 0. The van der Waals surface area contributed by atoms with Crippen molar-refractivity contribution >= 4 is 23.4 Å². The lowest BCUT2D eigenvalue weighted by Gasteiger charge is -2.25. The quantitative estimate of drug-likeness (QED) is 0.904. The van der Waals surface area contributed by atoms with E-state index >= 15 is 0 Å². The zero-order valence-corrected chi connectivity index (χ0v) is 11.8. The first-order valence-electron chi connectivity index (χ1n) is 6.65. The molecule has 18 heavy (non-hydrogen) atoms. The monoisotopic (exact) mass is 264 g/mol. The molecule has 0 amide bonds. The number of thioether (sulfide) groups is 1. The van der Waals surface area contributed by atoms with Crippen molar-refractivity contribution in [3.05, 3.63) is 11.9 Å². The summed E-state index contributed by atoms with van der Waals surface area (Å²) in [7, 11) is 4.09. The molecule has 0 bridgehead atoms. The number of nitrogens with zero attached hydrogens (tertiary/aromatic N) is 3. The SMILES string of the molecule is CNc1cc(N(C)C2CCSC2)nc(C2CC2)n1. The van der Waals surface area contributed by atoms with Crippen LogP contribution in [-0.4, -0.2) is 41.6 Å². The van der Waals surface area contributed by atoms with Crippen LogP contribution in [0, 0.1) is 0 Å². The van der Waals surface area contributed by atoms with Gasteiger partial charge < -0.3 is 10.2 Å². The number of hydrogen-bond acceptors (Lipinski definition) is 5. The molecule has 1 saturated heterocycles. The molecule has 1 aliphatic carbocycles. The molecule has 2 heterocycles. The summed E-state index contributed by atoms with van der Waals surface area (Å²) >= 11 is 2.04. The maximum atomic E-state index is 4.75. The summed E-state index contributed by atoms with van der Waals surface area (Å²) in [6.45, 7) is 0. The third kappa shape index (κ3) is 2.41. The van der Waals surface area contributed by atoms with E-state index in [0.717, 1.165) is 17.5 Å². The van der Waals surface area contributed by atoms with Crippen molar-refractivity contribution in [2.45, 2.75) is 31.2 Å². The smallest absolute Gasteiger partial charge is 0.136 e. The van der Waals surface area contributed by atoms with Gasteiger partial charge in [-0.05, 0) is 25.0 Å². The predicted octanol–water partition coefficient (Wildman–Crippen LogP) is 2.34. The Bertz CT molecular complexity index is 427. The van der Waals surface area contributed by atoms with Crippen molar-refractivity contribution in [2.24, 2.45) is 0 Å². The van der Waals surface area contributed by atoms with Crippen molar-refractivity contribution in [3.63, 3.8) is 0 Å². The highest BCUT2D eigenvalue weighted by Crippen LogP contribution is 2.39. The summed E-state index contributed by atoms with van der Waals surface area (Å²) in [5, 5.41) is 3.15. The van der Waals surface area contributed by atoms with Gasteiger partial charge in [-0.15, -0.1) is 0 Å². The van der Waals surface area contributed by atoms with Crippen molar-refractivity contribution in [1.82, 2.24) is 9.97 Å². The first-order valence-corrected chi connectivity index (χ1v) is 7.80. The molecule has 1 unspecified atom stereocenters. The molecule has 1 aliphatic heterocycles. The largest absolute Gasteiger partial charge is 0.373 e. The molecule has 1 saturated carbocycles. The predicted molar refractivity (Wildman–Crippen MR) is 77.7 cm³/mol. The zero-order valence-electron chi connectivity index (χ0n) is 11.0. The molecule has 2 fully saturated rings. The van der Waals surface area contributed by atoms with Crippen molar-refractivity contribution < 1.29 is 0 Å². The molecule has 0 aromatic carbocycles. The van der Waals surface area contributed by atoms with E-state index in [1.54, 1.807) is 0 Å². The molecular formula is C13H20N4S. The van der Waals surface area contributed by atoms with Crippen LogP contribution < -0.4 is 10.2 Å². The Labute approximate surface area is 113 Å². The lowest BCUT2D eigenvalue weighted by molar-refractivity contribution is 0.687. The Morgan fingerprint density at radius 3 is 2.78 bits per heavy atom. The molecule has 1 aromatic rings. The van der Waals surface area contributed by atoms with Crippen LogP contribution in [-0.2, 0) is 0 Å². The highest BCUT2D eigenvalue weighted by molar-refractivity contribution is 7.99. The third-order valence-corrected chi connectivity index (χ3v) is 4.89. The van der Waals surface area contributed by atoms with Gasteiger partial charge >= 0.3 is 0 Å². The minimum atomic E-state index is 0.600. The van der Waals surface area contributed by atoms with Gasteiger partial charge in [0.15, 0.2) is 0 Å². The molecule has 2 aliphatic rings. The Morgan fingerprint density at radius 1 is 1.33 bits per heavy atom. The fourth-order valence-corrected chi connectivity index (χ4v) is 3.57. The summed E-state index contributed by atoms with van der Waals surface area (Å²) in [6, 6.07) is 2.69. The first kappa shape index (κ1) is 12.1. The summed E-state index contributed by atoms with van der Waals surface area (Å²) < 4.78 is 0. The topological polar surface area (TPSA) is 41.0 Å². The number of nitrogens with one attached hydrogen (secondary N) is 1. The van der Waals surface area contributed by atoms with Crippen LogP contribution in [0.5, 0.6) is 0 Å². The average molecular weight is 264 g/mol. The molecule has 0 spiro atoms. The van der Waals surface area contributed by atoms with Gasteiger partial charge in [-0.25, -0.2) is 9.97 Å². The van der Waals surface area contributed by atoms with Gasteiger partial charge in [0.05, 0.1) is 0 Å². The first-order chi connectivity index (χ1) is 8.78. The Hall–Kier alpha value is -0.970. The van der Waals surface area contributed by atoms with E-state index in [1.165, 1.54) is 30.8 Å². The second kappa shape index (κ2) is 4.96. The molecular weight excluding hydrogens is 244 g/mol. The van der Waals surface area contributed by atoms with Crippen LogP contribution in [0.2, 0.25) is 0 Å². The molecule has 98 valence electrons. The molecule has 4 nitrogen and oxygen atoms in total. The van der Waals surface area contributed by atoms with E-state index < -0.39 is 0 Å². The maximum absolute atomic E-state index is 4.75. The number of anilines is 2. The molecule has 0 radical (unpaired) electrons. The second-order valence-corrected chi connectivity index (χ2v) is 6.27. The molecule has 1 N–H and O–H groups in total. The van der Waals surface area contributed by atoms with Gasteiger partial charge in [0.2, 0.25) is 0 Å². The van der Waals surface area contributed by atoms with E-state index in [2.05, 4.69) is 28.3 Å². The standard InChI is InChI=1S/C13H20N4S/c1-14-11-7-12(16-13(15-11)9-3-4-9)17(2)10-5-6-18-8-10/h7,9-10H,3-6,8H2,1-2H3,(H,14,15,16). The van der Waals surface area contributed by atoms with E-state index in [4.69, 9.17) is 4.98 Å². The summed E-state index contributed by atoms with van der Waals surface area (Å²) in [5.74, 6) is 6.13. The van der Waals surface area contributed by atoms with Crippen molar-refractivity contribution in [1.29, 1.82) is 0 Å². The van der Waals surface area contributed by atoms with Gasteiger partial charge in [-0.3, -0.25) is 0 Å². The van der Waals surface area contributed by atoms with Gasteiger partial charge in [0, 0.05) is 37.9 Å². The normalized spacial score (nSPS) is 23.1. The molecule has 1 atom stereocenters. The average Bonchev–Trinajstić information content (AvgIpc) is 3.12. The summed E-state index contributed by atoms with van der Waals surface area (Å²) in [6.07, 6.45) is 3.75. The molecule has 3 rings (SSSR count). The van der Waals surface area contributed by atoms with Gasteiger partial charge in [0.1, 0.15) is 17.5 Å². The fourth-order valence-electron chi connectivity index (χ4n) is 2.30. The number of hydrogen-bond donors (Lipinski definition) is 1. The Balaban J connectivity index is 1.86. The van der Waals surface area contributed by atoms with Crippen LogP contribution in [0.4, 0.5) is 11.6 Å². The van der Waals surface area contributed by atoms with E-state index in [-0.39, 0.29) is 0 Å². The van der Waals surface area contributed by atoms with Crippen molar-refractivity contribution in [3.8, 4) is 0 Å². The number of rotatable bonds is 4. The van der Waals surface area contributed by atoms with E-state index in [9.17, 15) is 0 Å². The van der Waals surface area contributed by atoms with Crippen LogP contribution in [0.15, 0.2) is 6.07 Å². The lowest BCUT2D eigenvalue weighted by Crippen LogP contribution is -2.32. The Morgan fingerprint density at radius 2 is 2.17 bits per heavy atom. The van der Waals surface area contributed by atoms with E-state index in [0.29, 0.717) is 12.0 Å². The van der Waals surface area contributed by atoms with Crippen LogP contribution in [0.3, 0.4) is 0 Å². The van der Waals surface area contributed by atoms with Gasteiger partial charge in [0.25, 0.3) is 0 Å². The Kier molecular flexibility index (Phi) is 3.33. The van der Waals surface area contributed by atoms with Crippen LogP contribution >= 0.6 is 11.8 Å². The molecule has 1 aromatic heterocycles. The highest BCUT2D eigenvalue weighted by atomic mass is 32.2. The maximum Gasteiger partial charge on any atom is 0.136 e. The van der Waals surface area contributed by atoms with Gasteiger partial charge in [-0.1, -0.05) is 0 Å². The summed E-state index contributed by atoms with van der Waals surface area (Å²) in [4.78, 5) is 11.7. The number of aromatic nitrogens is 2. The minimum Gasteiger partial charge on any atom is -0.373 e. The highest BCUT2D eigenvalue weighted by Gasteiger charge is 2.28. The molecule has 5 heteroatoms. The zero-order chi connectivity index (χ0) is 12.5. The minimum absolute atomic E-state index is 0.600. The second-order valence-electron chi connectivity index (χ2n) is 5.12. The third-order valence-electron chi connectivity index (χ3n) is 3.74. The van der Waals surface area contributed by atoms with Crippen LogP contribution in [0.25, 0.3) is 0 Å². The van der Waals surface area contributed by atoms with Crippen molar-refractivity contribution in [2.75, 3.05) is 35.8 Å². The fraction of sp³-hybridized carbons (Fsp3) is 0.692.